The van der Waals surface area contributed by atoms with Gasteiger partial charge in [-0.15, -0.1) is 0 Å². The average Bonchev–Trinajstić information content (AvgIpc) is 2.63. The van der Waals surface area contributed by atoms with Gasteiger partial charge in [0.05, 0.1) is 36.4 Å². The Kier molecular flexibility index (Phi) is 6.74. The summed E-state index contributed by atoms with van der Waals surface area (Å²) in [7, 11) is 0. The van der Waals surface area contributed by atoms with Crippen LogP contribution in [0.4, 0.5) is 24.5 Å². The van der Waals surface area contributed by atoms with Crippen molar-refractivity contribution in [1.29, 1.82) is 0 Å². The van der Waals surface area contributed by atoms with Crippen LogP contribution in [0.5, 0.6) is 0 Å². The van der Waals surface area contributed by atoms with Crippen molar-refractivity contribution in [3.8, 4) is 0 Å². The number of nitrogens with one attached hydrogen (secondary N) is 2. The predicted molar refractivity (Wildman–Crippen MR) is 90.7 cm³/mol. The second-order valence-electron chi connectivity index (χ2n) is 5.37. The second kappa shape index (κ2) is 9.01. The molecule has 2 aromatic rings. The lowest BCUT2D eigenvalue weighted by molar-refractivity contribution is 0.0168. The Labute approximate surface area is 152 Å². The number of hydrogen-bond donors (Lipinski definition) is 4. The number of anilines is 2. The molecule has 1 amide bonds. The van der Waals surface area contributed by atoms with E-state index in [-0.39, 0.29) is 18.9 Å². The van der Waals surface area contributed by atoms with Crippen molar-refractivity contribution < 1.29 is 33.1 Å². The van der Waals surface area contributed by atoms with Gasteiger partial charge >= 0.3 is 0 Å². The number of amides is 1. The molecule has 144 valence electrons. The molecule has 2 aromatic carbocycles. The topological polar surface area (TPSA) is 103 Å². The van der Waals surface area contributed by atoms with Crippen LogP contribution in [0, 0.1) is 24.4 Å². The highest BCUT2D eigenvalue weighted by molar-refractivity contribution is 6.01. The number of aryl methyl sites for hydroxylation is 1. The summed E-state index contributed by atoms with van der Waals surface area (Å²) in [6, 6.07) is 4.91. The third-order valence-corrected chi connectivity index (χ3v) is 3.42. The molecular formula is C17H16F3N3O4. The van der Waals surface area contributed by atoms with E-state index in [1.807, 2.05) is 5.48 Å². The molecule has 0 heterocycles. The normalized spacial score (nSPS) is 11.0. The van der Waals surface area contributed by atoms with Crippen molar-refractivity contribution in [2.45, 2.75) is 6.92 Å². The van der Waals surface area contributed by atoms with Gasteiger partial charge in [0.1, 0.15) is 5.82 Å². The predicted octanol–water partition coefficient (Wildman–Crippen LogP) is 2.62. The van der Waals surface area contributed by atoms with Gasteiger partial charge in [0, 0.05) is 5.56 Å². The van der Waals surface area contributed by atoms with Crippen LogP contribution in [0.2, 0.25) is 0 Å². The molecule has 0 radical (unpaired) electrons. The number of carbonyl (C=O) groups is 1. The van der Waals surface area contributed by atoms with E-state index in [1.165, 1.54) is 18.2 Å². The fourth-order valence-electron chi connectivity index (χ4n) is 2.18. The maximum absolute atomic E-state index is 14.5. The first kappa shape index (κ1) is 20.2. The van der Waals surface area contributed by atoms with E-state index in [2.05, 4.69) is 15.3 Å². The lowest BCUT2D eigenvalue weighted by Crippen LogP contribution is -2.26. The molecule has 27 heavy (non-hydrogen) atoms. The molecule has 2 rings (SSSR count). The number of aliphatic hydroxyl groups is 1. The smallest absolute Gasteiger partial charge is 0.277 e. The van der Waals surface area contributed by atoms with Crippen LogP contribution >= 0.6 is 0 Å². The zero-order valence-corrected chi connectivity index (χ0v) is 14.1. The van der Waals surface area contributed by atoms with Crippen LogP contribution in [0.1, 0.15) is 21.5 Å². The van der Waals surface area contributed by atoms with Gasteiger partial charge in [0.2, 0.25) is 0 Å². The van der Waals surface area contributed by atoms with Crippen molar-refractivity contribution in [1.82, 2.24) is 5.48 Å². The SMILES string of the molecule is Cc1ccc(Nc2c(C(=O)NOCCO)cc(/C=N/O)c(F)c2F)c(F)c1. The maximum atomic E-state index is 14.5. The fraction of sp³-hybridized carbons (Fsp3) is 0.176. The van der Waals surface area contributed by atoms with E-state index in [9.17, 15) is 18.0 Å². The van der Waals surface area contributed by atoms with E-state index in [1.54, 1.807) is 6.92 Å². The van der Waals surface area contributed by atoms with Crippen molar-refractivity contribution in [3.63, 3.8) is 0 Å². The van der Waals surface area contributed by atoms with E-state index < -0.39 is 40.2 Å². The number of aliphatic hydroxyl groups excluding tert-OH is 1. The average molecular weight is 383 g/mol. The zero-order valence-electron chi connectivity index (χ0n) is 14.1. The third kappa shape index (κ3) is 4.74. The summed E-state index contributed by atoms with van der Waals surface area (Å²) in [6.45, 7) is 1.02. The Morgan fingerprint density at radius 1 is 1.26 bits per heavy atom. The number of oxime groups is 1. The van der Waals surface area contributed by atoms with Gasteiger partial charge in [-0.1, -0.05) is 11.2 Å². The number of hydroxylamine groups is 1. The first-order valence-electron chi connectivity index (χ1n) is 7.64. The molecule has 0 aliphatic rings. The fourth-order valence-corrected chi connectivity index (χ4v) is 2.18. The largest absolute Gasteiger partial charge is 0.411 e. The molecule has 0 bridgehead atoms. The number of nitrogens with zero attached hydrogens (tertiary/aromatic N) is 1. The van der Waals surface area contributed by atoms with Gasteiger partial charge in [-0.25, -0.2) is 18.7 Å². The van der Waals surface area contributed by atoms with Gasteiger partial charge in [0.15, 0.2) is 11.6 Å². The molecule has 0 aromatic heterocycles. The minimum atomic E-state index is -1.49. The number of halogens is 3. The van der Waals surface area contributed by atoms with Gasteiger partial charge in [-0.3, -0.25) is 9.63 Å². The number of carbonyl (C=O) groups excluding carboxylic acids is 1. The quantitative estimate of drug-likeness (QED) is 0.255. The Morgan fingerprint density at radius 2 is 2.00 bits per heavy atom. The summed E-state index contributed by atoms with van der Waals surface area (Å²) in [6.07, 6.45) is 0.597. The molecule has 0 spiro atoms. The minimum absolute atomic E-state index is 0.187. The Hall–Kier alpha value is -3.11. The molecule has 0 fully saturated rings. The lowest BCUT2D eigenvalue weighted by atomic mass is 10.1. The van der Waals surface area contributed by atoms with Crippen LogP contribution in [0.15, 0.2) is 29.4 Å². The molecule has 4 N–H and O–H groups in total. The molecular weight excluding hydrogens is 367 g/mol. The zero-order chi connectivity index (χ0) is 20.0. The Balaban J connectivity index is 2.52. The molecule has 0 atom stereocenters. The van der Waals surface area contributed by atoms with Gasteiger partial charge in [-0.2, -0.15) is 0 Å². The number of hydrogen-bond acceptors (Lipinski definition) is 6. The summed E-state index contributed by atoms with van der Waals surface area (Å²) in [5, 5.41) is 22.2. The van der Waals surface area contributed by atoms with Gasteiger partial charge < -0.3 is 15.6 Å². The van der Waals surface area contributed by atoms with Crippen LogP contribution in [0.25, 0.3) is 0 Å². The van der Waals surface area contributed by atoms with Crippen molar-refractivity contribution in [2.75, 3.05) is 18.5 Å². The van der Waals surface area contributed by atoms with Crippen molar-refractivity contribution in [3.05, 3.63) is 58.4 Å². The highest BCUT2D eigenvalue weighted by Gasteiger charge is 2.23. The van der Waals surface area contributed by atoms with E-state index in [0.29, 0.717) is 11.8 Å². The van der Waals surface area contributed by atoms with Crippen LogP contribution < -0.4 is 10.8 Å². The molecule has 0 saturated carbocycles. The lowest BCUT2D eigenvalue weighted by Gasteiger charge is -2.15. The summed E-state index contributed by atoms with van der Waals surface area (Å²) in [5.74, 6) is -4.63. The monoisotopic (exact) mass is 383 g/mol. The summed E-state index contributed by atoms with van der Waals surface area (Å²) in [5.41, 5.74) is 0.753. The van der Waals surface area contributed by atoms with Crippen molar-refractivity contribution >= 4 is 23.5 Å². The molecule has 7 nitrogen and oxygen atoms in total. The number of rotatable bonds is 7. The first-order chi connectivity index (χ1) is 12.9. The third-order valence-electron chi connectivity index (χ3n) is 3.42. The highest BCUT2D eigenvalue weighted by Crippen LogP contribution is 2.30. The summed E-state index contributed by atoms with van der Waals surface area (Å²) >= 11 is 0. The first-order valence-corrected chi connectivity index (χ1v) is 7.64. The van der Waals surface area contributed by atoms with Gasteiger partial charge in [0.25, 0.3) is 5.91 Å². The standard InChI is InChI=1S/C17H16F3N3O4/c1-9-2-3-13(12(18)6-9)22-16-11(17(25)23-27-5-4-24)7-10(8-21-26)14(19)15(16)20/h2-3,6-8,22,24,26H,4-5H2,1H3,(H,23,25)/b21-8+. The summed E-state index contributed by atoms with van der Waals surface area (Å²) in [4.78, 5) is 16.9. The van der Waals surface area contributed by atoms with E-state index in [4.69, 9.17) is 10.3 Å². The molecule has 10 heteroatoms. The summed E-state index contributed by atoms with van der Waals surface area (Å²) < 4.78 is 42.8. The molecule has 0 saturated heterocycles. The van der Waals surface area contributed by atoms with Gasteiger partial charge in [-0.05, 0) is 30.7 Å². The van der Waals surface area contributed by atoms with Crippen LogP contribution in [-0.4, -0.2) is 35.6 Å². The van der Waals surface area contributed by atoms with Crippen LogP contribution in [-0.2, 0) is 4.84 Å². The maximum Gasteiger partial charge on any atom is 0.277 e. The minimum Gasteiger partial charge on any atom is -0.411 e. The molecule has 0 unspecified atom stereocenters. The van der Waals surface area contributed by atoms with Crippen LogP contribution in [0.3, 0.4) is 0 Å². The Morgan fingerprint density at radius 3 is 2.63 bits per heavy atom. The Bertz CT molecular complexity index is 875. The van der Waals surface area contributed by atoms with Crippen molar-refractivity contribution in [2.24, 2.45) is 5.16 Å². The molecule has 0 aliphatic carbocycles. The molecule has 0 aliphatic heterocycles. The number of benzene rings is 2. The van der Waals surface area contributed by atoms with E-state index in [0.717, 1.165) is 6.07 Å². The second-order valence-corrected chi connectivity index (χ2v) is 5.37. The highest BCUT2D eigenvalue weighted by atomic mass is 19.2. The van der Waals surface area contributed by atoms with E-state index >= 15 is 0 Å².